The van der Waals surface area contributed by atoms with Gasteiger partial charge in [-0.05, 0) is 18.9 Å². The van der Waals surface area contributed by atoms with E-state index in [1.807, 2.05) is 19.3 Å². The van der Waals surface area contributed by atoms with Gasteiger partial charge in [0, 0.05) is 48.4 Å². The summed E-state index contributed by atoms with van der Waals surface area (Å²) in [5.41, 5.74) is 4.05. The summed E-state index contributed by atoms with van der Waals surface area (Å²) in [6.07, 6.45) is 3.81. The Balaban J connectivity index is 1.80. The summed E-state index contributed by atoms with van der Waals surface area (Å²) < 4.78 is 1.70. The van der Waals surface area contributed by atoms with E-state index in [1.54, 1.807) is 9.58 Å². The smallest absolute Gasteiger partial charge is 0.248 e. The molecule has 7 nitrogen and oxygen atoms in total. The van der Waals surface area contributed by atoms with E-state index in [1.165, 1.54) is 0 Å². The number of halogens is 2. The monoisotopic (exact) mass is 405 g/mol. The van der Waals surface area contributed by atoms with Crippen LogP contribution in [0.4, 0.5) is 0 Å². The maximum atomic E-state index is 12.2. The first-order chi connectivity index (χ1) is 12.9. The van der Waals surface area contributed by atoms with Crippen LogP contribution in [0.2, 0.25) is 10.2 Å². The number of fused-ring (bicyclic) bond motifs is 4. The number of amides is 1. The number of hydrogen-bond acceptors (Lipinski definition) is 4. The molecule has 1 saturated carbocycles. The van der Waals surface area contributed by atoms with Gasteiger partial charge >= 0.3 is 0 Å². The number of carbonyl (C=O) groups excluding carboxylic acids is 1. The second-order valence-electron chi connectivity index (χ2n) is 7.36. The minimum Gasteiger partial charge on any atom is -0.387 e. The third kappa shape index (κ3) is 2.42. The van der Waals surface area contributed by atoms with Gasteiger partial charge in [0.15, 0.2) is 5.15 Å². The molecule has 0 saturated heterocycles. The Labute approximate surface area is 164 Å². The summed E-state index contributed by atoms with van der Waals surface area (Å²) in [5, 5.41) is 15.3. The molecule has 9 heteroatoms. The fourth-order valence-electron chi connectivity index (χ4n) is 4.14. The number of aromatic amines is 1. The molecule has 140 valence electrons. The van der Waals surface area contributed by atoms with E-state index in [4.69, 9.17) is 23.2 Å². The maximum Gasteiger partial charge on any atom is 0.248 e. The van der Waals surface area contributed by atoms with E-state index in [0.717, 1.165) is 35.0 Å². The first-order valence-electron chi connectivity index (χ1n) is 8.72. The first-order valence-corrected chi connectivity index (χ1v) is 9.48. The predicted octanol–water partition coefficient (Wildman–Crippen LogP) is 2.64. The molecular weight excluding hydrogens is 389 g/mol. The molecule has 1 aliphatic carbocycles. The van der Waals surface area contributed by atoms with Crippen molar-refractivity contribution in [2.75, 3.05) is 13.2 Å². The second kappa shape index (κ2) is 5.70. The SMILES string of the molecule is Cn1ccc(-c2nc(Cl)c(Cl)c3[nH]c4c(c23)CN(C(=O)CO)CC42CC2)n1. The molecular formula is C18H17Cl2N5O2. The molecule has 2 aliphatic rings. The van der Waals surface area contributed by atoms with E-state index in [2.05, 4.69) is 15.1 Å². The van der Waals surface area contributed by atoms with E-state index in [-0.39, 0.29) is 16.5 Å². The van der Waals surface area contributed by atoms with Gasteiger partial charge in [-0.25, -0.2) is 4.98 Å². The molecule has 0 aromatic carbocycles. The number of nitrogens with one attached hydrogen (secondary N) is 1. The molecule has 1 spiro atoms. The standard InChI is InChI=1S/C18H17Cl2N5O2/c1-24-5-2-10(23-24)14-12-9-6-25(11(27)7-26)8-18(3-4-18)16(9)21-15(12)13(19)17(20)22-14/h2,5,21,26H,3-4,6-8H2,1H3. The van der Waals surface area contributed by atoms with Crippen molar-refractivity contribution < 1.29 is 9.90 Å². The van der Waals surface area contributed by atoms with Gasteiger partial charge < -0.3 is 15.0 Å². The van der Waals surface area contributed by atoms with Crippen LogP contribution in [-0.4, -0.2) is 48.8 Å². The Morgan fingerprint density at radius 1 is 1.41 bits per heavy atom. The van der Waals surface area contributed by atoms with Gasteiger partial charge in [0.1, 0.15) is 23.0 Å². The molecule has 3 aromatic rings. The number of carbonyl (C=O) groups is 1. The highest BCUT2D eigenvalue weighted by Gasteiger charge is 2.52. The predicted molar refractivity (Wildman–Crippen MR) is 102 cm³/mol. The number of H-pyrrole nitrogens is 1. The number of nitrogens with zero attached hydrogens (tertiary/aromatic N) is 4. The molecule has 1 aliphatic heterocycles. The lowest BCUT2D eigenvalue weighted by Crippen LogP contribution is -2.42. The van der Waals surface area contributed by atoms with E-state index in [9.17, 15) is 9.90 Å². The normalized spacial score (nSPS) is 17.6. The summed E-state index contributed by atoms with van der Waals surface area (Å²) in [6.45, 7) is 0.506. The fraction of sp³-hybridized carbons (Fsp3) is 0.389. The minimum absolute atomic E-state index is 0.103. The largest absolute Gasteiger partial charge is 0.387 e. The number of aliphatic hydroxyl groups is 1. The highest BCUT2D eigenvalue weighted by atomic mass is 35.5. The first kappa shape index (κ1) is 17.0. The number of pyridine rings is 1. The summed E-state index contributed by atoms with van der Waals surface area (Å²) in [6, 6.07) is 1.87. The number of aliphatic hydroxyl groups excluding tert-OH is 1. The number of aryl methyl sites for hydroxylation is 1. The molecule has 0 radical (unpaired) electrons. The van der Waals surface area contributed by atoms with Gasteiger partial charge in [-0.2, -0.15) is 5.10 Å². The third-order valence-corrected chi connectivity index (χ3v) is 6.36. The molecule has 0 atom stereocenters. The molecule has 2 N–H and O–H groups in total. The van der Waals surface area contributed by atoms with Crippen molar-refractivity contribution in [2.24, 2.45) is 7.05 Å². The van der Waals surface area contributed by atoms with Crippen LogP contribution in [0.1, 0.15) is 24.1 Å². The van der Waals surface area contributed by atoms with Crippen molar-refractivity contribution >= 4 is 40.0 Å². The zero-order valence-corrected chi connectivity index (χ0v) is 16.1. The number of hydrogen-bond donors (Lipinski definition) is 2. The summed E-state index contributed by atoms with van der Waals surface area (Å²) in [7, 11) is 1.84. The average Bonchev–Trinajstić information content (AvgIpc) is 3.10. The topological polar surface area (TPSA) is 87.0 Å². The fourth-order valence-corrected chi connectivity index (χ4v) is 4.50. The molecule has 27 heavy (non-hydrogen) atoms. The number of rotatable bonds is 2. The van der Waals surface area contributed by atoms with Gasteiger partial charge in [-0.1, -0.05) is 23.2 Å². The van der Waals surface area contributed by atoms with Gasteiger partial charge in [0.05, 0.1) is 5.52 Å². The van der Waals surface area contributed by atoms with Crippen LogP contribution in [0.5, 0.6) is 0 Å². The summed E-state index contributed by atoms with van der Waals surface area (Å²) in [4.78, 5) is 21.9. The zero-order chi connectivity index (χ0) is 18.9. The molecule has 1 amide bonds. The van der Waals surface area contributed by atoms with Crippen LogP contribution in [0, 0.1) is 0 Å². The average molecular weight is 406 g/mol. The molecule has 0 bridgehead atoms. The van der Waals surface area contributed by atoms with Crippen LogP contribution in [0.15, 0.2) is 12.3 Å². The zero-order valence-electron chi connectivity index (χ0n) is 14.6. The summed E-state index contributed by atoms with van der Waals surface area (Å²) in [5.74, 6) is -0.270. The molecule has 0 unspecified atom stereocenters. The molecule has 1 fully saturated rings. The van der Waals surface area contributed by atoms with Gasteiger partial charge in [-0.3, -0.25) is 9.48 Å². The Hall–Kier alpha value is -2.09. The third-order valence-electron chi connectivity index (χ3n) is 5.62. The lowest BCUT2D eigenvalue weighted by Gasteiger charge is -2.33. The van der Waals surface area contributed by atoms with Gasteiger partial charge in [0.25, 0.3) is 0 Å². The molecule has 4 heterocycles. The number of aromatic nitrogens is 4. The van der Waals surface area contributed by atoms with Gasteiger partial charge in [-0.15, -0.1) is 0 Å². The van der Waals surface area contributed by atoms with Crippen molar-refractivity contribution in [3.8, 4) is 11.4 Å². The van der Waals surface area contributed by atoms with Crippen LogP contribution in [0.3, 0.4) is 0 Å². The van der Waals surface area contributed by atoms with E-state index < -0.39 is 6.61 Å². The Morgan fingerprint density at radius 3 is 2.81 bits per heavy atom. The highest BCUT2D eigenvalue weighted by Crippen LogP contribution is 2.54. The Kier molecular flexibility index (Phi) is 3.60. The van der Waals surface area contributed by atoms with Crippen LogP contribution in [0.25, 0.3) is 22.3 Å². The Bertz CT molecular complexity index is 1100. The van der Waals surface area contributed by atoms with Gasteiger partial charge in [0.2, 0.25) is 5.91 Å². The molecule has 5 rings (SSSR count). The van der Waals surface area contributed by atoms with Crippen molar-refractivity contribution in [1.29, 1.82) is 0 Å². The van der Waals surface area contributed by atoms with Crippen molar-refractivity contribution in [3.05, 3.63) is 33.7 Å². The lowest BCUT2D eigenvalue weighted by atomic mass is 9.91. The highest BCUT2D eigenvalue weighted by molar-refractivity contribution is 6.44. The van der Waals surface area contributed by atoms with Crippen LogP contribution in [-0.2, 0) is 23.8 Å². The maximum absolute atomic E-state index is 12.2. The Morgan fingerprint density at radius 2 is 2.19 bits per heavy atom. The van der Waals surface area contributed by atoms with Crippen molar-refractivity contribution in [1.82, 2.24) is 24.6 Å². The lowest BCUT2D eigenvalue weighted by molar-refractivity contribution is -0.135. The van der Waals surface area contributed by atoms with E-state index in [0.29, 0.717) is 29.5 Å². The second-order valence-corrected chi connectivity index (χ2v) is 8.09. The van der Waals surface area contributed by atoms with Crippen molar-refractivity contribution in [3.63, 3.8) is 0 Å². The van der Waals surface area contributed by atoms with Crippen LogP contribution < -0.4 is 0 Å². The van der Waals surface area contributed by atoms with Crippen molar-refractivity contribution in [2.45, 2.75) is 24.8 Å². The minimum atomic E-state index is -0.494. The quantitative estimate of drug-likeness (QED) is 0.641. The van der Waals surface area contributed by atoms with E-state index >= 15 is 0 Å². The van der Waals surface area contributed by atoms with Crippen LogP contribution >= 0.6 is 23.2 Å². The summed E-state index contributed by atoms with van der Waals surface area (Å²) >= 11 is 12.8. The molecule has 3 aromatic heterocycles.